The first-order chi connectivity index (χ1) is 11.6. The number of nitrogens with one attached hydrogen (secondary N) is 2. The van der Waals surface area contributed by atoms with Gasteiger partial charge in [-0.15, -0.1) is 0 Å². The highest BCUT2D eigenvalue weighted by Gasteiger charge is 2.24. The molecule has 0 spiro atoms. The molecule has 0 bridgehead atoms. The van der Waals surface area contributed by atoms with Crippen molar-refractivity contribution < 1.29 is 9.59 Å². The summed E-state index contributed by atoms with van der Waals surface area (Å²) in [6.07, 6.45) is 0.309. The molecule has 24 heavy (non-hydrogen) atoms. The molecule has 1 aliphatic heterocycles. The van der Waals surface area contributed by atoms with E-state index in [2.05, 4.69) is 39.6 Å². The van der Waals surface area contributed by atoms with Crippen LogP contribution in [-0.4, -0.2) is 67.9 Å². The number of carbonyl (C=O) groups is 2. The minimum Gasteiger partial charge on any atom is -0.356 e. The van der Waals surface area contributed by atoms with Gasteiger partial charge in [-0.25, -0.2) is 0 Å². The number of benzene rings is 1. The first-order valence-corrected chi connectivity index (χ1v) is 8.55. The van der Waals surface area contributed by atoms with E-state index >= 15 is 0 Å². The Balaban J connectivity index is 1.91. The van der Waals surface area contributed by atoms with Gasteiger partial charge in [0.1, 0.15) is 0 Å². The summed E-state index contributed by atoms with van der Waals surface area (Å²) in [7, 11) is 2.14. The summed E-state index contributed by atoms with van der Waals surface area (Å²) >= 11 is 0. The van der Waals surface area contributed by atoms with Gasteiger partial charge in [0.2, 0.25) is 11.8 Å². The van der Waals surface area contributed by atoms with Crippen molar-refractivity contribution in [3.63, 3.8) is 0 Å². The molecule has 2 amide bonds. The van der Waals surface area contributed by atoms with E-state index < -0.39 is 0 Å². The predicted octanol–water partition coefficient (Wildman–Crippen LogP) is 0.618. The minimum absolute atomic E-state index is 0.0289. The van der Waals surface area contributed by atoms with E-state index in [0.717, 1.165) is 26.2 Å². The monoisotopic (exact) mass is 332 g/mol. The molecular formula is C18H28N4O2. The van der Waals surface area contributed by atoms with Crippen LogP contribution in [-0.2, 0) is 9.59 Å². The smallest absolute Gasteiger partial charge is 0.221 e. The molecule has 1 saturated heterocycles. The fraction of sp³-hybridized carbons (Fsp3) is 0.556. The first kappa shape index (κ1) is 18.4. The average Bonchev–Trinajstić information content (AvgIpc) is 2.57. The quantitative estimate of drug-likeness (QED) is 0.768. The zero-order valence-electron chi connectivity index (χ0n) is 14.6. The van der Waals surface area contributed by atoms with Crippen LogP contribution in [0.4, 0.5) is 0 Å². The lowest BCUT2D eigenvalue weighted by Crippen LogP contribution is -2.48. The number of rotatable bonds is 7. The maximum Gasteiger partial charge on any atom is 0.221 e. The SMILES string of the molecule is CC(=O)NCCC(=O)NCC(c1ccccc1)N1CCN(C)CC1. The van der Waals surface area contributed by atoms with Crippen molar-refractivity contribution in [2.75, 3.05) is 46.3 Å². The molecule has 1 heterocycles. The Labute approximate surface area is 144 Å². The van der Waals surface area contributed by atoms with Crippen LogP contribution < -0.4 is 10.6 Å². The van der Waals surface area contributed by atoms with E-state index in [1.165, 1.54) is 12.5 Å². The number of piperazine rings is 1. The molecule has 0 radical (unpaired) electrons. The molecule has 0 saturated carbocycles. The van der Waals surface area contributed by atoms with E-state index in [1.54, 1.807) is 0 Å². The molecule has 1 aromatic carbocycles. The number of amides is 2. The van der Waals surface area contributed by atoms with Gasteiger partial charge < -0.3 is 15.5 Å². The van der Waals surface area contributed by atoms with Crippen LogP contribution in [0.25, 0.3) is 0 Å². The lowest BCUT2D eigenvalue weighted by molar-refractivity contribution is -0.121. The van der Waals surface area contributed by atoms with Gasteiger partial charge in [-0.3, -0.25) is 14.5 Å². The summed E-state index contributed by atoms with van der Waals surface area (Å²) in [6, 6.07) is 10.5. The van der Waals surface area contributed by atoms with E-state index in [4.69, 9.17) is 0 Å². The lowest BCUT2D eigenvalue weighted by Gasteiger charge is -2.38. The van der Waals surface area contributed by atoms with Crippen LogP contribution in [0.15, 0.2) is 30.3 Å². The van der Waals surface area contributed by atoms with Crippen LogP contribution in [0.5, 0.6) is 0 Å². The number of hydrogen-bond acceptors (Lipinski definition) is 4. The van der Waals surface area contributed by atoms with Crippen LogP contribution in [0.2, 0.25) is 0 Å². The van der Waals surface area contributed by atoms with Gasteiger partial charge in [0.05, 0.1) is 6.04 Å². The second-order valence-corrected chi connectivity index (χ2v) is 6.30. The molecule has 2 N–H and O–H groups in total. The van der Waals surface area contributed by atoms with E-state index in [1.807, 2.05) is 18.2 Å². The minimum atomic E-state index is -0.109. The van der Waals surface area contributed by atoms with Gasteiger partial charge >= 0.3 is 0 Å². The highest BCUT2D eigenvalue weighted by Crippen LogP contribution is 2.21. The van der Waals surface area contributed by atoms with Gasteiger partial charge in [0.15, 0.2) is 0 Å². The second kappa shape index (κ2) is 9.39. The molecule has 6 heteroatoms. The Morgan fingerprint density at radius 3 is 2.38 bits per heavy atom. The van der Waals surface area contributed by atoms with Crippen molar-refractivity contribution in [1.29, 1.82) is 0 Å². The Kier molecular flexibility index (Phi) is 7.21. The van der Waals surface area contributed by atoms with Gasteiger partial charge in [-0.1, -0.05) is 30.3 Å². The van der Waals surface area contributed by atoms with Crippen molar-refractivity contribution in [1.82, 2.24) is 20.4 Å². The maximum absolute atomic E-state index is 12.0. The highest BCUT2D eigenvalue weighted by molar-refractivity contribution is 5.77. The highest BCUT2D eigenvalue weighted by atomic mass is 16.2. The standard InChI is InChI=1S/C18H28N4O2/c1-15(23)19-9-8-18(24)20-14-17(16-6-4-3-5-7-16)22-12-10-21(2)11-13-22/h3-7,17H,8-14H2,1-2H3,(H,19,23)(H,20,24). The first-order valence-electron chi connectivity index (χ1n) is 8.55. The summed E-state index contributed by atoms with van der Waals surface area (Å²) in [5.41, 5.74) is 1.23. The Hall–Kier alpha value is -1.92. The second-order valence-electron chi connectivity index (χ2n) is 6.30. The fourth-order valence-electron chi connectivity index (χ4n) is 2.92. The van der Waals surface area contributed by atoms with Crippen molar-refractivity contribution in [3.05, 3.63) is 35.9 Å². The Morgan fingerprint density at radius 1 is 1.08 bits per heavy atom. The fourth-order valence-corrected chi connectivity index (χ4v) is 2.92. The van der Waals surface area contributed by atoms with Gasteiger partial charge in [0.25, 0.3) is 0 Å². The molecule has 1 unspecified atom stereocenters. The average molecular weight is 332 g/mol. The third-order valence-corrected chi connectivity index (χ3v) is 4.38. The van der Waals surface area contributed by atoms with Crippen molar-refractivity contribution >= 4 is 11.8 Å². The normalized spacial score (nSPS) is 17.2. The summed E-state index contributed by atoms with van der Waals surface area (Å²) in [4.78, 5) is 27.6. The van der Waals surface area contributed by atoms with E-state index in [9.17, 15) is 9.59 Å². The molecule has 2 rings (SSSR count). The Morgan fingerprint density at radius 2 is 1.75 bits per heavy atom. The van der Waals surface area contributed by atoms with Gasteiger partial charge in [-0.05, 0) is 12.6 Å². The van der Waals surface area contributed by atoms with E-state index in [0.29, 0.717) is 19.5 Å². The molecule has 1 aromatic rings. The van der Waals surface area contributed by atoms with E-state index in [-0.39, 0.29) is 17.9 Å². The molecule has 0 aromatic heterocycles. The lowest BCUT2D eigenvalue weighted by atomic mass is 10.0. The van der Waals surface area contributed by atoms with Crippen LogP contribution in [0.3, 0.4) is 0 Å². The largest absolute Gasteiger partial charge is 0.356 e. The molecule has 0 aliphatic carbocycles. The summed E-state index contributed by atoms with van der Waals surface area (Å²) in [5.74, 6) is -0.138. The molecule has 1 aliphatic rings. The number of likely N-dealkylation sites (N-methyl/N-ethyl adjacent to an activating group) is 1. The molecule has 6 nitrogen and oxygen atoms in total. The van der Waals surface area contributed by atoms with Crippen LogP contribution in [0.1, 0.15) is 24.9 Å². The van der Waals surface area contributed by atoms with Crippen LogP contribution in [0, 0.1) is 0 Å². The Bertz CT molecular complexity index is 527. The molecule has 1 fully saturated rings. The summed E-state index contributed by atoms with van der Waals surface area (Å²) in [5, 5.41) is 5.67. The maximum atomic E-state index is 12.0. The number of nitrogens with zero attached hydrogens (tertiary/aromatic N) is 2. The van der Waals surface area contributed by atoms with Crippen molar-refractivity contribution in [2.24, 2.45) is 0 Å². The zero-order valence-corrected chi connectivity index (χ0v) is 14.6. The number of carbonyl (C=O) groups excluding carboxylic acids is 2. The van der Waals surface area contributed by atoms with Crippen LogP contribution >= 0.6 is 0 Å². The zero-order chi connectivity index (χ0) is 17.4. The molecule has 1 atom stereocenters. The summed E-state index contributed by atoms with van der Waals surface area (Å²) < 4.78 is 0. The third kappa shape index (κ3) is 5.94. The van der Waals surface area contributed by atoms with Crippen molar-refractivity contribution in [3.8, 4) is 0 Å². The predicted molar refractivity (Wildman–Crippen MR) is 94.6 cm³/mol. The molecular weight excluding hydrogens is 304 g/mol. The topological polar surface area (TPSA) is 64.7 Å². The number of hydrogen-bond donors (Lipinski definition) is 2. The van der Waals surface area contributed by atoms with Gasteiger partial charge in [0, 0.05) is 52.6 Å². The van der Waals surface area contributed by atoms with Gasteiger partial charge in [-0.2, -0.15) is 0 Å². The summed E-state index contributed by atoms with van der Waals surface area (Å²) in [6.45, 7) is 6.50. The molecule has 132 valence electrons. The third-order valence-electron chi connectivity index (χ3n) is 4.38. The van der Waals surface area contributed by atoms with Crippen molar-refractivity contribution in [2.45, 2.75) is 19.4 Å².